The molecule has 4 rings (SSSR count). The molecule has 0 spiro atoms. The second kappa shape index (κ2) is 10.2. The van der Waals surface area contributed by atoms with Crippen molar-refractivity contribution in [3.05, 3.63) is 82.2 Å². The summed E-state index contributed by atoms with van der Waals surface area (Å²) in [6.45, 7) is 1.37. The lowest BCUT2D eigenvalue weighted by molar-refractivity contribution is -0.385. The number of halogens is 4. The first kappa shape index (κ1) is 27.4. The van der Waals surface area contributed by atoms with E-state index in [2.05, 4.69) is 4.18 Å². The van der Waals surface area contributed by atoms with Crippen LogP contribution < -0.4 is 8.92 Å². The largest absolute Gasteiger partial charge is 0.534 e. The Morgan fingerprint density at radius 2 is 1.62 bits per heavy atom. The first-order chi connectivity index (χ1) is 18.3. The summed E-state index contributed by atoms with van der Waals surface area (Å²) in [7, 11) is -6.28. The molecule has 0 aliphatic rings. The first-order valence-corrected chi connectivity index (χ1v) is 12.2. The molecule has 0 aliphatic heterocycles. The van der Waals surface area contributed by atoms with E-state index in [0.29, 0.717) is 23.6 Å². The van der Waals surface area contributed by atoms with E-state index in [1.54, 1.807) is 0 Å². The molecule has 39 heavy (non-hydrogen) atoms. The Kier molecular flexibility index (Phi) is 7.19. The molecule has 0 atom stereocenters. The fourth-order valence-electron chi connectivity index (χ4n) is 3.41. The average Bonchev–Trinajstić information content (AvgIpc) is 3.23. The van der Waals surface area contributed by atoms with Gasteiger partial charge in [-0.2, -0.15) is 21.6 Å². The highest BCUT2D eigenvalue weighted by Gasteiger charge is 2.49. The van der Waals surface area contributed by atoms with E-state index in [9.17, 15) is 40.9 Å². The van der Waals surface area contributed by atoms with Crippen LogP contribution in [0.3, 0.4) is 0 Å². The fourth-order valence-corrected chi connectivity index (χ4v) is 3.87. The predicted molar refractivity (Wildman–Crippen MR) is 126 cm³/mol. The molecule has 15 heteroatoms. The van der Waals surface area contributed by atoms with E-state index in [1.807, 2.05) is 0 Å². The molecule has 0 unspecified atom stereocenters. The van der Waals surface area contributed by atoms with Crippen LogP contribution in [0, 0.1) is 15.9 Å². The zero-order valence-electron chi connectivity index (χ0n) is 19.5. The van der Waals surface area contributed by atoms with Crippen LogP contribution in [0.4, 0.5) is 23.2 Å². The van der Waals surface area contributed by atoms with Crippen molar-refractivity contribution in [1.82, 2.24) is 0 Å². The summed E-state index contributed by atoms with van der Waals surface area (Å²) in [5.41, 5.74) is -7.48. The fraction of sp³-hybridized carbons (Fsp3) is 0.125. The van der Waals surface area contributed by atoms with E-state index in [4.69, 9.17) is 13.9 Å². The van der Waals surface area contributed by atoms with Gasteiger partial charge >= 0.3 is 27.3 Å². The van der Waals surface area contributed by atoms with Crippen molar-refractivity contribution in [2.75, 3.05) is 6.61 Å². The maximum Gasteiger partial charge on any atom is 0.534 e. The number of ether oxygens (including phenoxy) is 2. The van der Waals surface area contributed by atoms with Gasteiger partial charge in [0.1, 0.15) is 34.2 Å². The number of hydrogen-bond acceptors (Lipinski definition) is 9. The number of alkyl halides is 3. The molecule has 0 radical (unpaired) electrons. The van der Waals surface area contributed by atoms with Gasteiger partial charge in [0.15, 0.2) is 0 Å². The van der Waals surface area contributed by atoms with Gasteiger partial charge in [-0.15, -0.1) is 0 Å². The van der Waals surface area contributed by atoms with Crippen LogP contribution in [0.15, 0.2) is 65.1 Å². The van der Waals surface area contributed by atoms with Crippen LogP contribution in [0.5, 0.6) is 17.2 Å². The van der Waals surface area contributed by atoms with Crippen molar-refractivity contribution in [2.24, 2.45) is 0 Å². The Balaban J connectivity index is 1.83. The maximum atomic E-state index is 13.1. The molecule has 204 valence electrons. The second-order valence-electron chi connectivity index (χ2n) is 7.66. The second-order valence-corrected chi connectivity index (χ2v) is 9.20. The van der Waals surface area contributed by atoms with Gasteiger partial charge in [0, 0.05) is 17.0 Å². The standard InChI is InChI=1S/C24H15F4NO9S/c1-2-35-23(30)21-17-11-20(38-39(33,34)24(26,27)28)18(29(31)32)12-19(17)37-22(21)13-3-7-15(8-4-13)36-16-9-5-14(25)6-10-16/h3-12H,2H2,1H3. The number of furan rings is 1. The number of hydrogen-bond donors (Lipinski definition) is 0. The van der Waals surface area contributed by atoms with E-state index in [-0.39, 0.29) is 34.5 Å². The van der Waals surface area contributed by atoms with Crippen molar-refractivity contribution in [3.8, 4) is 28.6 Å². The SMILES string of the molecule is CCOC(=O)c1c(-c2ccc(Oc3ccc(F)cc3)cc2)oc2cc([N+](=O)[O-])c(OS(=O)(=O)C(F)(F)F)cc12. The highest BCUT2D eigenvalue weighted by molar-refractivity contribution is 7.88. The molecule has 0 aliphatic carbocycles. The molecule has 4 aromatic rings. The number of carbonyl (C=O) groups is 1. The van der Waals surface area contributed by atoms with Crippen molar-refractivity contribution >= 4 is 32.7 Å². The van der Waals surface area contributed by atoms with Gasteiger partial charge < -0.3 is 18.1 Å². The van der Waals surface area contributed by atoms with E-state index in [0.717, 1.165) is 0 Å². The molecule has 1 aromatic heterocycles. The summed E-state index contributed by atoms with van der Waals surface area (Å²) < 4.78 is 95.2. The van der Waals surface area contributed by atoms with Gasteiger partial charge in [-0.3, -0.25) is 10.1 Å². The van der Waals surface area contributed by atoms with Crippen molar-refractivity contribution in [3.63, 3.8) is 0 Å². The zero-order chi connectivity index (χ0) is 28.5. The molecular formula is C24H15F4NO9S. The molecule has 0 saturated heterocycles. The number of nitrogens with zero attached hydrogens (tertiary/aromatic N) is 1. The number of carbonyl (C=O) groups excluding carboxylic acids is 1. The number of esters is 1. The average molecular weight is 569 g/mol. The molecule has 0 N–H and O–H groups in total. The van der Waals surface area contributed by atoms with Crippen LogP contribution in [0.2, 0.25) is 0 Å². The summed E-state index contributed by atoms with van der Waals surface area (Å²) in [5.74, 6) is -2.29. The van der Waals surface area contributed by atoms with E-state index in [1.165, 1.54) is 55.5 Å². The summed E-state index contributed by atoms with van der Waals surface area (Å²) >= 11 is 0. The number of nitro groups is 1. The summed E-state index contributed by atoms with van der Waals surface area (Å²) in [6, 6.07) is 12.2. The van der Waals surface area contributed by atoms with Crippen molar-refractivity contribution < 1.29 is 53.8 Å². The van der Waals surface area contributed by atoms with E-state index < -0.39 is 43.8 Å². The highest BCUT2D eigenvalue weighted by Crippen LogP contribution is 2.42. The Morgan fingerprint density at radius 1 is 1.03 bits per heavy atom. The Morgan fingerprint density at radius 3 is 2.15 bits per heavy atom. The summed E-state index contributed by atoms with van der Waals surface area (Å²) in [4.78, 5) is 23.1. The monoisotopic (exact) mass is 569 g/mol. The predicted octanol–water partition coefficient (Wildman–Crippen LogP) is 6.34. The van der Waals surface area contributed by atoms with Gasteiger partial charge in [0.2, 0.25) is 5.75 Å². The minimum absolute atomic E-state index is 0.117. The van der Waals surface area contributed by atoms with Gasteiger partial charge in [0.05, 0.1) is 17.6 Å². The van der Waals surface area contributed by atoms with E-state index >= 15 is 0 Å². The molecule has 0 bridgehead atoms. The molecule has 10 nitrogen and oxygen atoms in total. The smallest absolute Gasteiger partial charge is 0.462 e. The lowest BCUT2D eigenvalue weighted by Gasteiger charge is -2.10. The first-order valence-electron chi connectivity index (χ1n) is 10.8. The van der Waals surface area contributed by atoms with Gasteiger partial charge in [-0.25, -0.2) is 9.18 Å². The Bertz CT molecular complexity index is 1660. The lowest BCUT2D eigenvalue weighted by atomic mass is 10.0. The van der Waals surface area contributed by atoms with Crippen molar-refractivity contribution in [1.29, 1.82) is 0 Å². The number of fused-ring (bicyclic) bond motifs is 1. The topological polar surface area (TPSA) is 135 Å². The minimum atomic E-state index is -6.28. The lowest BCUT2D eigenvalue weighted by Crippen LogP contribution is -2.28. The molecule has 0 fully saturated rings. The zero-order valence-corrected chi connectivity index (χ0v) is 20.3. The summed E-state index contributed by atoms with van der Waals surface area (Å²) in [5, 5.41) is 11.2. The number of nitro benzene ring substituents is 1. The molecule has 1 heterocycles. The number of benzene rings is 3. The molecule has 0 saturated carbocycles. The molecular weight excluding hydrogens is 554 g/mol. The van der Waals surface area contributed by atoms with Crippen LogP contribution in [0.25, 0.3) is 22.3 Å². The third-order valence-electron chi connectivity index (χ3n) is 5.09. The third-order valence-corrected chi connectivity index (χ3v) is 6.06. The normalized spacial score (nSPS) is 11.8. The van der Waals surface area contributed by atoms with Crippen LogP contribution in [0.1, 0.15) is 17.3 Å². The van der Waals surface area contributed by atoms with Crippen LogP contribution in [-0.2, 0) is 14.9 Å². The minimum Gasteiger partial charge on any atom is -0.462 e. The Labute approximate surface area is 216 Å². The number of rotatable bonds is 8. The summed E-state index contributed by atoms with van der Waals surface area (Å²) in [6.07, 6.45) is 0. The van der Waals surface area contributed by atoms with Gasteiger partial charge in [0.25, 0.3) is 0 Å². The van der Waals surface area contributed by atoms with Crippen LogP contribution in [-0.4, -0.2) is 31.4 Å². The maximum absolute atomic E-state index is 13.1. The van der Waals surface area contributed by atoms with Crippen molar-refractivity contribution in [2.45, 2.75) is 12.4 Å². The van der Waals surface area contributed by atoms with Crippen LogP contribution >= 0.6 is 0 Å². The van der Waals surface area contributed by atoms with Gasteiger partial charge in [-0.05, 0) is 55.5 Å². The highest BCUT2D eigenvalue weighted by atomic mass is 32.2. The van der Waals surface area contributed by atoms with Gasteiger partial charge in [-0.1, -0.05) is 0 Å². The quantitative estimate of drug-likeness (QED) is 0.0594. The Hall–Kier alpha value is -4.66. The molecule has 0 amide bonds. The third kappa shape index (κ3) is 5.62. The molecule has 3 aromatic carbocycles.